The van der Waals surface area contributed by atoms with E-state index in [-0.39, 0.29) is 18.6 Å². The van der Waals surface area contributed by atoms with E-state index in [1.165, 1.54) is 6.92 Å². The summed E-state index contributed by atoms with van der Waals surface area (Å²) in [6.45, 7) is 5.71. The van der Waals surface area contributed by atoms with E-state index in [4.69, 9.17) is 4.74 Å². The van der Waals surface area contributed by atoms with Crippen molar-refractivity contribution < 1.29 is 18.3 Å². The Balaban J connectivity index is 2.56. The molecule has 0 atom stereocenters. The number of rotatable bonds is 6. The van der Waals surface area contributed by atoms with Gasteiger partial charge in [0.25, 0.3) is 6.08 Å². The van der Waals surface area contributed by atoms with Gasteiger partial charge in [0.15, 0.2) is 0 Å². The minimum atomic E-state index is -1.72. The molecule has 4 nitrogen and oxygen atoms in total. The fraction of sp³-hybridized carbons (Fsp3) is 0.538. The first-order valence-electron chi connectivity index (χ1n) is 6.17. The Hall–Kier alpha value is -1.72. The third-order valence-electron chi connectivity index (χ3n) is 2.65. The lowest BCUT2D eigenvalue weighted by Gasteiger charge is -2.03. The third kappa shape index (κ3) is 4.46. The SMILES string of the molecule is CCCn1cc(C(=O)OCCC(C)=C(F)F)c(C)n1. The first kappa shape index (κ1) is 15.3. The van der Waals surface area contributed by atoms with Gasteiger partial charge in [0.2, 0.25) is 0 Å². The molecule has 0 fully saturated rings. The van der Waals surface area contributed by atoms with Crippen LogP contribution in [0.15, 0.2) is 17.9 Å². The number of aryl methyl sites for hydroxylation is 2. The number of nitrogens with zero attached hydrogens (tertiary/aromatic N) is 2. The molecule has 1 aromatic heterocycles. The van der Waals surface area contributed by atoms with Gasteiger partial charge in [-0.2, -0.15) is 13.9 Å². The zero-order chi connectivity index (χ0) is 14.4. The normalized spacial score (nSPS) is 10.4. The summed E-state index contributed by atoms with van der Waals surface area (Å²) >= 11 is 0. The van der Waals surface area contributed by atoms with Gasteiger partial charge in [-0.1, -0.05) is 6.92 Å². The van der Waals surface area contributed by atoms with Crippen LogP contribution >= 0.6 is 0 Å². The van der Waals surface area contributed by atoms with Gasteiger partial charge in [0.1, 0.15) is 5.56 Å². The molecule has 0 unspecified atom stereocenters. The van der Waals surface area contributed by atoms with Crippen LogP contribution in [0.1, 0.15) is 42.7 Å². The maximum absolute atomic E-state index is 12.2. The second kappa shape index (κ2) is 7.01. The molecule has 1 heterocycles. The van der Waals surface area contributed by atoms with Gasteiger partial charge in [-0.25, -0.2) is 4.79 Å². The molecule has 0 N–H and O–H groups in total. The minimum Gasteiger partial charge on any atom is -0.462 e. The molecule has 0 aromatic carbocycles. The molecule has 0 saturated carbocycles. The molecule has 0 saturated heterocycles. The highest BCUT2D eigenvalue weighted by Gasteiger charge is 2.14. The number of aromatic nitrogens is 2. The molecule has 106 valence electrons. The molecule has 0 bridgehead atoms. The van der Waals surface area contributed by atoms with E-state index in [0.29, 0.717) is 11.3 Å². The van der Waals surface area contributed by atoms with Crippen molar-refractivity contribution >= 4 is 5.97 Å². The summed E-state index contributed by atoms with van der Waals surface area (Å²) in [5.74, 6) is -0.521. The summed E-state index contributed by atoms with van der Waals surface area (Å²) in [6.07, 6.45) is 0.855. The van der Waals surface area contributed by atoms with Crippen LogP contribution in [0.2, 0.25) is 0 Å². The van der Waals surface area contributed by atoms with E-state index in [0.717, 1.165) is 13.0 Å². The second-order valence-electron chi connectivity index (χ2n) is 4.32. The molecule has 0 aliphatic carbocycles. The summed E-state index contributed by atoms with van der Waals surface area (Å²) < 4.78 is 30.9. The van der Waals surface area contributed by atoms with Crippen molar-refractivity contribution in [2.75, 3.05) is 6.61 Å². The topological polar surface area (TPSA) is 44.1 Å². The highest BCUT2D eigenvalue weighted by Crippen LogP contribution is 2.12. The predicted molar refractivity (Wildman–Crippen MR) is 67.1 cm³/mol. The Labute approximate surface area is 111 Å². The van der Waals surface area contributed by atoms with E-state index in [1.807, 2.05) is 6.92 Å². The number of halogens is 2. The Bertz CT molecular complexity index is 477. The van der Waals surface area contributed by atoms with Crippen LogP contribution in [-0.2, 0) is 11.3 Å². The van der Waals surface area contributed by atoms with Gasteiger partial charge in [0.05, 0.1) is 12.3 Å². The standard InChI is InChI=1S/C13H18F2N2O2/c1-4-6-17-8-11(10(3)16-17)13(18)19-7-5-9(2)12(14)15/h8H,4-7H2,1-3H3. The minimum absolute atomic E-state index is 0.0379. The van der Waals surface area contributed by atoms with Crippen LogP contribution in [0.25, 0.3) is 0 Å². The lowest BCUT2D eigenvalue weighted by molar-refractivity contribution is 0.0507. The first-order valence-corrected chi connectivity index (χ1v) is 6.17. The number of carbonyl (C=O) groups is 1. The molecule has 0 aliphatic rings. The summed E-state index contributed by atoms with van der Waals surface area (Å²) in [4.78, 5) is 11.8. The molecular formula is C13H18F2N2O2. The zero-order valence-corrected chi connectivity index (χ0v) is 11.4. The van der Waals surface area contributed by atoms with Crippen LogP contribution < -0.4 is 0 Å². The van der Waals surface area contributed by atoms with E-state index in [2.05, 4.69) is 5.10 Å². The molecule has 1 rings (SSSR count). The lowest BCUT2D eigenvalue weighted by atomic mass is 10.2. The summed E-state index contributed by atoms with van der Waals surface area (Å²) in [5, 5.41) is 4.18. The van der Waals surface area contributed by atoms with Gasteiger partial charge in [-0.3, -0.25) is 4.68 Å². The van der Waals surface area contributed by atoms with Gasteiger partial charge in [-0.15, -0.1) is 0 Å². The van der Waals surface area contributed by atoms with Crippen molar-refractivity contribution in [2.24, 2.45) is 0 Å². The summed E-state index contributed by atoms with van der Waals surface area (Å²) in [6, 6.07) is 0. The van der Waals surface area contributed by atoms with E-state index < -0.39 is 12.0 Å². The molecule has 1 aromatic rings. The Morgan fingerprint density at radius 2 is 2.16 bits per heavy atom. The highest BCUT2D eigenvalue weighted by molar-refractivity contribution is 5.90. The molecule has 19 heavy (non-hydrogen) atoms. The third-order valence-corrected chi connectivity index (χ3v) is 2.65. The van der Waals surface area contributed by atoms with Crippen molar-refractivity contribution in [3.63, 3.8) is 0 Å². The van der Waals surface area contributed by atoms with Crippen molar-refractivity contribution in [1.29, 1.82) is 0 Å². The Morgan fingerprint density at radius 1 is 1.47 bits per heavy atom. The molecule has 0 radical (unpaired) electrons. The van der Waals surface area contributed by atoms with Crippen molar-refractivity contribution in [1.82, 2.24) is 9.78 Å². The average molecular weight is 272 g/mol. The van der Waals surface area contributed by atoms with E-state index >= 15 is 0 Å². The van der Waals surface area contributed by atoms with Crippen LogP contribution in [-0.4, -0.2) is 22.4 Å². The zero-order valence-electron chi connectivity index (χ0n) is 11.4. The first-order chi connectivity index (χ1) is 8.95. The van der Waals surface area contributed by atoms with Crippen LogP contribution in [0.3, 0.4) is 0 Å². The van der Waals surface area contributed by atoms with Crippen LogP contribution in [0.5, 0.6) is 0 Å². The van der Waals surface area contributed by atoms with Gasteiger partial charge < -0.3 is 4.74 Å². The maximum Gasteiger partial charge on any atom is 0.341 e. The quantitative estimate of drug-likeness (QED) is 0.746. The van der Waals surface area contributed by atoms with Gasteiger partial charge in [-0.05, 0) is 25.8 Å². The number of carbonyl (C=O) groups excluding carboxylic acids is 1. The fourth-order valence-electron chi connectivity index (χ4n) is 1.53. The largest absolute Gasteiger partial charge is 0.462 e. The highest BCUT2D eigenvalue weighted by atomic mass is 19.3. The average Bonchev–Trinajstić information content (AvgIpc) is 2.70. The smallest absolute Gasteiger partial charge is 0.341 e. The predicted octanol–water partition coefficient (Wildman–Crippen LogP) is 3.32. The van der Waals surface area contributed by atoms with Crippen molar-refractivity contribution in [3.05, 3.63) is 29.1 Å². The Morgan fingerprint density at radius 3 is 2.74 bits per heavy atom. The number of hydrogen-bond donors (Lipinski definition) is 0. The van der Waals surface area contributed by atoms with Crippen molar-refractivity contribution in [2.45, 2.75) is 40.2 Å². The number of ether oxygens (including phenoxy) is 1. The van der Waals surface area contributed by atoms with Gasteiger partial charge in [0, 0.05) is 19.2 Å². The summed E-state index contributed by atoms with van der Waals surface area (Å²) in [5.41, 5.74) is 0.907. The van der Waals surface area contributed by atoms with Crippen LogP contribution in [0, 0.1) is 6.92 Å². The molecular weight excluding hydrogens is 254 g/mol. The number of esters is 1. The second-order valence-corrected chi connectivity index (χ2v) is 4.32. The Kier molecular flexibility index (Phi) is 5.66. The maximum atomic E-state index is 12.2. The molecule has 0 spiro atoms. The van der Waals surface area contributed by atoms with E-state index in [9.17, 15) is 13.6 Å². The molecule has 0 aliphatic heterocycles. The fourth-order valence-corrected chi connectivity index (χ4v) is 1.53. The lowest BCUT2D eigenvalue weighted by Crippen LogP contribution is -2.07. The molecule has 6 heteroatoms. The van der Waals surface area contributed by atoms with Gasteiger partial charge >= 0.3 is 5.97 Å². The monoisotopic (exact) mass is 272 g/mol. The molecule has 0 amide bonds. The number of hydrogen-bond acceptors (Lipinski definition) is 3. The van der Waals surface area contributed by atoms with Crippen LogP contribution in [0.4, 0.5) is 8.78 Å². The van der Waals surface area contributed by atoms with Crippen molar-refractivity contribution in [3.8, 4) is 0 Å². The summed E-state index contributed by atoms with van der Waals surface area (Å²) in [7, 11) is 0. The van der Waals surface area contributed by atoms with E-state index in [1.54, 1.807) is 17.8 Å².